The molecule has 2 aromatic rings. The van der Waals surface area contributed by atoms with Gasteiger partial charge in [0.2, 0.25) is 0 Å². The highest BCUT2D eigenvalue weighted by Gasteiger charge is 2.19. The van der Waals surface area contributed by atoms with E-state index in [0.29, 0.717) is 5.56 Å². The number of carbonyl (C=O) groups is 1. The Kier molecular flexibility index (Phi) is 3.94. The molecule has 1 aromatic heterocycles. The number of hydrogen-bond acceptors (Lipinski definition) is 3. The fourth-order valence-corrected chi connectivity index (χ4v) is 1.81. The molecule has 0 amide bonds. The lowest BCUT2D eigenvalue weighted by Crippen LogP contribution is -2.20. The van der Waals surface area contributed by atoms with Gasteiger partial charge in [-0.3, -0.25) is 4.98 Å². The molecule has 1 heterocycles. The first kappa shape index (κ1) is 12.6. The van der Waals surface area contributed by atoms with Crippen molar-refractivity contribution in [3.63, 3.8) is 0 Å². The molecule has 0 bridgehead atoms. The van der Waals surface area contributed by atoms with Crippen LogP contribution >= 0.6 is 15.9 Å². The molecule has 0 aliphatic heterocycles. The maximum absolute atomic E-state index is 11.3. The van der Waals surface area contributed by atoms with E-state index in [1.807, 2.05) is 24.3 Å². The van der Waals surface area contributed by atoms with Gasteiger partial charge in [0.25, 0.3) is 0 Å². The summed E-state index contributed by atoms with van der Waals surface area (Å²) in [4.78, 5) is 15.2. The number of carboxylic acid groups (broad SMARTS) is 1. The monoisotopic (exact) mass is 306 g/mol. The van der Waals surface area contributed by atoms with Gasteiger partial charge in [0.1, 0.15) is 0 Å². The van der Waals surface area contributed by atoms with Crippen molar-refractivity contribution < 1.29 is 9.90 Å². The molecule has 0 spiro atoms. The van der Waals surface area contributed by atoms with E-state index in [-0.39, 0.29) is 0 Å². The van der Waals surface area contributed by atoms with Gasteiger partial charge in [-0.15, -0.1) is 0 Å². The maximum Gasteiger partial charge on any atom is 0.330 e. The van der Waals surface area contributed by atoms with Crippen molar-refractivity contribution in [1.82, 2.24) is 4.98 Å². The zero-order valence-electron chi connectivity index (χ0n) is 9.38. The Bertz CT molecular complexity index is 528. The smallest absolute Gasteiger partial charge is 0.330 e. The summed E-state index contributed by atoms with van der Waals surface area (Å²) in [5.74, 6) is -0.939. The summed E-state index contributed by atoms with van der Waals surface area (Å²) in [5.41, 5.74) is 1.36. The van der Waals surface area contributed by atoms with Gasteiger partial charge in [-0.05, 0) is 30.3 Å². The highest BCUT2D eigenvalue weighted by Crippen LogP contribution is 2.21. The largest absolute Gasteiger partial charge is 0.479 e. The van der Waals surface area contributed by atoms with Crippen molar-refractivity contribution in [3.8, 4) is 0 Å². The topological polar surface area (TPSA) is 62.2 Å². The molecule has 1 aromatic carbocycles. The van der Waals surface area contributed by atoms with Crippen LogP contribution < -0.4 is 5.32 Å². The minimum Gasteiger partial charge on any atom is -0.479 e. The number of nitrogens with one attached hydrogen (secondary N) is 1. The Hall–Kier alpha value is -1.88. The average Bonchev–Trinajstić information content (AvgIpc) is 2.38. The van der Waals surface area contributed by atoms with Crippen LogP contribution in [-0.2, 0) is 4.79 Å². The summed E-state index contributed by atoms with van der Waals surface area (Å²) in [6.07, 6.45) is 3.16. The van der Waals surface area contributed by atoms with Crippen LogP contribution in [0.25, 0.3) is 0 Å². The number of anilines is 1. The maximum atomic E-state index is 11.3. The molecular formula is C13H11BrN2O2. The SMILES string of the molecule is O=C(O)C(Nc1ccc(Br)cc1)c1cccnc1. The summed E-state index contributed by atoms with van der Waals surface area (Å²) in [5, 5.41) is 12.2. The zero-order chi connectivity index (χ0) is 13.0. The van der Waals surface area contributed by atoms with Crippen LogP contribution in [0.2, 0.25) is 0 Å². The van der Waals surface area contributed by atoms with Gasteiger partial charge in [0.05, 0.1) is 0 Å². The summed E-state index contributed by atoms with van der Waals surface area (Å²) in [6, 6.07) is 9.98. The van der Waals surface area contributed by atoms with Gasteiger partial charge < -0.3 is 10.4 Å². The summed E-state index contributed by atoms with van der Waals surface area (Å²) >= 11 is 3.33. The number of nitrogens with zero attached hydrogens (tertiary/aromatic N) is 1. The average molecular weight is 307 g/mol. The number of aromatic nitrogens is 1. The van der Waals surface area contributed by atoms with E-state index in [2.05, 4.69) is 26.2 Å². The summed E-state index contributed by atoms with van der Waals surface area (Å²) in [6.45, 7) is 0. The molecule has 0 aliphatic carbocycles. The number of rotatable bonds is 4. The second-order valence-corrected chi connectivity index (χ2v) is 4.62. The second-order valence-electron chi connectivity index (χ2n) is 3.71. The fraction of sp³-hybridized carbons (Fsp3) is 0.0769. The van der Waals surface area contributed by atoms with Crippen molar-refractivity contribution in [3.05, 3.63) is 58.8 Å². The first-order valence-corrected chi connectivity index (χ1v) is 6.11. The summed E-state index contributed by atoms with van der Waals surface area (Å²) in [7, 11) is 0. The van der Waals surface area contributed by atoms with Crippen LogP contribution in [0.15, 0.2) is 53.3 Å². The van der Waals surface area contributed by atoms with Crippen molar-refractivity contribution in [2.75, 3.05) is 5.32 Å². The predicted octanol–water partition coefficient (Wildman–Crippen LogP) is 3.08. The Balaban J connectivity index is 2.22. The Morgan fingerprint density at radius 3 is 2.56 bits per heavy atom. The number of pyridine rings is 1. The van der Waals surface area contributed by atoms with E-state index >= 15 is 0 Å². The van der Waals surface area contributed by atoms with Gasteiger partial charge in [0.15, 0.2) is 6.04 Å². The van der Waals surface area contributed by atoms with Crippen molar-refractivity contribution in [2.45, 2.75) is 6.04 Å². The van der Waals surface area contributed by atoms with Crippen LogP contribution in [0, 0.1) is 0 Å². The molecule has 1 unspecified atom stereocenters. The van der Waals surface area contributed by atoms with Crippen LogP contribution in [0.5, 0.6) is 0 Å². The van der Waals surface area contributed by atoms with Crippen LogP contribution in [0.3, 0.4) is 0 Å². The van der Waals surface area contributed by atoms with Crippen molar-refractivity contribution in [1.29, 1.82) is 0 Å². The van der Waals surface area contributed by atoms with Crippen molar-refractivity contribution in [2.24, 2.45) is 0 Å². The number of halogens is 1. The van der Waals surface area contributed by atoms with E-state index in [9.17, 15) is 9.90 Å². The lowest BCUT2D eigenvalue weighted by molar-refractivity contribution is -0.138. The first-order chi connectivity index (χ1) is 8.66. The van der Waals surface area contributed by atoms with Gasteiger partial charge in [0, 0.05) is 28.1 Å². The molecule has 2 rings (SSSR count). The number of hydrogen-bond donors (Lipinski definition) is 2. The van der Waals surface area contributed by atoms with E-state index in [1.165, 1.54) is 0 Å². The molecule has 92 valence electrons. The summed E-state index contributed by atoms with van der Waals surface area (Å²) < 4.78 is 0.946. The molecule has 2 N–H and O–H groups in total. The van der Waals surface area contributed by atoms with Crippen molar-refractivity contribution >= 4 is 27.6 Å². The van der Waals surface area contributed by atoms with Gasteiger partial charge in [-0.2, -0.15) is 0 Å². The number of carboxylic acids is 1. The number of benzene rings is 1. The predicted molar refractivity (Wildman–Crippen MR) is 72.4 cm³/mol. The van der Waals surface area contributed by atoms with E-state index in [0.717, 1.165) is 10.2 Å². The Morgan fingerprint density at radius 2 is 2.00 bits per heavy atom. The molecule has 4 nitrogen and oxygen atoms in total. The van der Waals surface area contributed by atoms with Gasteiger partial charge >= 0.3 is 5.97 Å². The first-order valence-electron chi connectivity index (χ1n) is 5.31. The molecule has 0 fully saturated rings. The Morgan fingerprint density at radius 1 is 1.28 bits per heavy atom. The molecule has 1 atom stereocenters. The molecular weight excluding hydrogens is 296 g/mol. The molecule has 0 aliphatic rings. The van der Waals surface area contributed by atoms with E-state index < -0.39 is 12.0 Å². The fourth-order valence-electron chi connectivity index (χ4n) is 1.55. The van der Waals surface area contributed by atoms with E-state index in [4.69, 9.17) is 0 Å². The minimum atomic E-state index is -0.939. The van der Waals surface area contributed by atoms with Gasteiger partial charge in [-0.25, -0.2) is 4.79 Å². The van der Waals surface area contributed by atoms with E-state index in [1.54, 1.807) is 24.5 Å². The lowest BCUT2D eigenvalue weighted by Gasteiger charge is -2.15. The number of aliphatic carboxylic acids is 1. The normalized spacial score (nSPS) is 11.8. The Labute approximate surface area is 113 Å². The third-order valence-corrected chi connectivity index (χ3v) is 2.95. The van der Waals surface area contributed by atoms with Crippen LogP contribution in [0.1, 0.15) is 11.6 Å². The van der Waals surface area contributed by atoms with Gasteiger partial charge in [-0.1, -0.05) is 22.0 Å². The third-order valence-electron chi connectivity index (χ3n) is 2.42. The standard InChI is InChI=1S/C13H11BrN2O2/c14-10-3-5-11(6-4-10)16-12(13(17)18)9-2-1-7-15-8-9/h1-8,12,16H,(H,17,18). The zero-order valence-corrected chi connectivity index (χ0v) is 11.0. The molecule has 0 saturated carbocycles. The molecule has 18 heavy (non-hydrogen) atoms. The van der Waals surface area contributed by atoms with Crippen LogP contribution in [-0.4, -0.2) is 16.1 Å². The quantitative estimate of drug-likeness (QED) is 0.911. The molecule has 0 radical (unpaired) electrons. The third kappa shape index (κ3) is 3.07. The molecule has 5 heteroatoms. The highest BCUT2D eigenvalue weighted by molar-refractivity contribution is 9.10. The second kappa shape index (κ2) is 5.64. The highest BCUT2D eigenvalue weighted by atomic mass is 79.9. The van der Waals surface area contributed by atoms with Crippen LogP contribution in [0.4, 0.5) is 5.69 Å². The molecule has 0 saturated heterocycles. The lowest BCUT2D eigenvalue weighted by atomic mass is 10.1. The minimum absolute atomic E-state index is 0.618.